The fourth-order valence-electron chi connectivity index (χ4n) is 2.23. The van der Waals surface area contributed by atoms with Crippen LogP contribution >= 0.6 is 0 Å². The van der Waals surface area contributed by atoms with E-state index in [1.165, 1.54) is 6.26 Å². The van der Waals surface area contributed by atoms with Crippen LogP contribution in [0.25, 0.3) is 0 Å². The van der Waals surface area contributed by atoms with Gasteiger partial charge in [0.1, 0.15) is 0 Å². The van der Waals surface area contributed by atoms with Crippen molar-refractivity contribution >= 4 is 11.9 Å². The summed E-state index contributed by atoms with van der Waals surface area (Å²) in [7, 11) is 0. The molecule has 0 fully saturated rings. The zero-order valence-corrected chi connectivity index (χ0v) is 10.00. The first kappa shape index (κ1) is 11.5. The number of carboxylic acids is 1. The molecule has 19 heavy (non-hydrogen) atoms. The average Bonchev–Trinajstić information content (AvgIpc) is 3.06. The van der Waals surface area contributed by atoms with Gasteiger partial charge in [-0.05, 0) is 35.4 Å². The van der Waals surface area contributed by atoms with Crippen LogP contribution in [0, 0.1) is 0 Å². The van der Waals surface area contributed by atoms with Crippen molar-refractivity contribution in [1.29, 1.82) is 0 Å². The fraction of sp³-hybridized carbons (Fsp3) is 0.143. The Morgan fingerprint density at radius 3 is 2.63 bits per heavy atom. The minimum absolute atomic E-state index is 0.182. The van der Waals surface area contributed by atoms with Crippen LogP contribution in [-0.4, -0.2) is 21.9 Å². The number of carboxylic acid groups (broad SMARTS) is 1. The number of nitrogens with zero attached hydrogens (tertiary/aromatic N) is 1. The maximum Gasteiger partial charge on any atom is 0.335 e. The molecule has 0 spiro atoms. The standard InChI is InChI=1S/C14H11NO4/c16-13(12-2-1-5-19-12)15-7-10-4-3-9(14(17)18)6-11(10)8-15/h1-6H,7-8H2,(H,17,18). The molecule has 0 radical (unpaired) electrons. The summed E-state index contributed by atoms with van der Waals surface area (Å²) in [6.07, 6.45) is 1.46. The van der Waals surface area contributed by atoms with Crippen molar-refractivity contribution in [2.24, 2.45) is 0 Å². The molecular formula is C14H11NO4. The quantitative estimate of drug-likeness (QED) is 0.894. The molecule has 1 aliphatic rings. The average molecular weight is 257 g/mol. The number of benzene rings is 1. The number of fused-ring (bicyclic) bond motifs is 1. The normalized spacial score (nSPS) is 13.4. The van der Waals surface area contributed by atoms with Crippen LogP contribution in [-0.2, 0) is 13.1 Å². The SMILES string of the molecule is O=C(O)c1ccc2c(c1)CN(C(=O)c1ccco1)C2. The van der Waals surface area contributed by atoms with E-state index < -0.39 is 5.97 Å². The molecule has 5 nitrogen and oxygen atoms in total. The molecule has 2 aromatic rings. The molecule has 0 aliphatic carbocycles. The molecule has 0 saturated heterocycles. The summed E-state index contributed by atoms with van der Waals surface area (Å²) in [6, 6.07) is 8.22. The summed E-state index contributed by atoms with van der Waals surface area (Å²) in [5.41, 5.74) is 2.09. The topological polar surface area (TPSA) is 70.8 Å². The Kier molecular flexibility index (Phi) is 2.59. The van der Waals surface area contributed by atoms with Gasteiger partial charge in [-0.2, -0.15) is 0 Å². The van der Waals surface area contributed by atoms with Crippen LogP contribution in [0.2, 0.25) is 0 Å². The molecule has 96 valence electrons. The Bertz CT molecular complexity index is 645. The summed E-state index contributed by atoms with van der Waals surface area (Å²) >= 11 is 0. The van der Waals surface area contributed by atoms with Gasteiger partial charge in [0.25, 0.3) is 5.91 Å². The lowest BCUT2D eigenvalue weighted by atomic mass is 10.1. The maximum atomic E-state index is 12.1. The number of amides is 1. The van der Waals surface area contributed by atoms with Gasteiger partial charge in [-0.3, -0.25) is 4.79 Å². The zero-order valence-electron chi connectivity index (χ0n) is 10.00. The smallest absolute Gasteiger partial charge is 0.335 e. The zero-order chi connectivity index (χ0) is 13.4. The van der Waals surface area contributed by atoms with Gasteiger partial charge in [-0.25, -0.2) is 4.79 Å². The van der Waals surface area contributed by atoms with E-state index in [1.807, 2.05) is 0 Å². The minimum Gasteiger partial charge on any atom is -0.478 e. The highest BCUT2D eigenvalue weighted by molar-refractivity contribution is 5.92. The molecule has 0 bridgehead atoms. The third-order valence-corrected chi connectivity index (χ3v) is 3.19. The summed E-state index contributed by atoms with van der Waals surface area (Å²) in [5.74, 6) is -0.844. The third-order valence-electron chi connectivity index (χ3n) is 3.19. The molecule has 5 heteroatoms. The van der Waals surface area contributed by atoms with E-state index in [9.17, 15) is 9.59 Å². The van der Waals surface area contributed by atoms with Gasteiger partial charge in [0.2, 0.25) is 0 Å². The van der Waals surface area contributed by atoms with Crippen molar-refractivity contribution in [3.05, 3.63) is 59.0 Å². The van der Waals surface area contributed by atoms with Crippen LogP contribution in [0.3, 0.4) is 0 Å². The van der Waals surface area contributed by atoms with E-state index in [0.717, 1.165) is 11.1 Å². The first-order valence-electron chi connectivity index (χ1n) is 5.83. The lowest BCUT2D eigenvalue weighted by molar-refractivity contribution is 0.0695. The Hall–Kier alpha value is -2.56. The Labute approximate surface area is 109 Å². The molecule has 0 saturated carbocycles. The molecule has 0 unspecified atom stereocenters. The van der Waals surface area contributed by atoms with Gasteiger partial charge in [-0.15, -0.1) is 0 Å². The highest BCUT2D eigenvalue weighted by atomic mass is 16.4. The summed E-state index contributed by atoms with van der Waals surface area (Å²) in [5, 5.41) is 8.95. The summed E-state index contributed by atoms with van der Waals surface area (Å²) in [4.78, 5) is 24.7. The highest BCUT2D eigenvalue weighted by Gasteiger charge is 2.26. The Morgan fingerprint density at radius 2 is 1.95 bits per heavy atom. The molecule has 1 aliphatic heterocycles. The largest absolute Gasteiger partial charge is 0.478 e. The van der Waals surface area contributed by atoms with E-state index in [4.69, 9.17) is 9.52 Å². The van der Waals surface area contributed by atoms with E-state index >= 15 is 0 Å². The van der Waals surface area contributed by atoms with E-state index in [2.05, 4.69) is 0 Å². The summed E-state index contributed by atoms with van der Waals surface area (Å²) < 4.78 is 5.08. The number of carbonyl (C=O) groups excluding carboxylic acids is 1. The molecule has 1 N–H and O–H groups in total. The lowest BCUT2D eigenvalue weighted by Crippen LogP contribution is -2.24. The van der Waals surface area contributed by atoms with E-state index in [-0.39, 0.29) is 11.5 Å². The van der Waals surface area contributed by atoms with Crippen LogP contribution < -0.4 is 0 Å². The molecule has 2 heterocycles. The predicted molar refractivity (Wildman–Crippen MR) is 65.7 cm³/mol. The van der Waals surface area contributed by atoms with Crippen molar-refractivity contribution in [3.8, 4) is 0 Å². The van der Waals surface area contributed by atoms with Crippen LogP contribution in [0.5, 0.6) is 0 Å². The van der Waals surface area contributed by atoms with Crippen LogP contribution in [0.4, 0.5) is 0 Å². The van der Waals surface area contributed by atoms with Gasteiger partial charge in [0.05, 0.1) is 11.8 Å². The van der Waals surface area contributed by atoms with Crippen molar-refractivity contribution < 1.29 is 19.1 Å². The Balaban J connectivity index is 1.84. The predicted octanol–water partition coefficient (Wildman–Crippen LogP) is 2.13. The number of carbonyl (C=O) groups is 2. The van der Waals surface area contributed by atoms with E-state index in [1.54, 1.807) is 35.2 Å². The van der Waals surface area contributed by atoms with Crippen molar-refractivity contribution in [2.45, 2.75) is 13.1 Å². The van der Waals surface area contributed by atoms with Crippen molar-refractivity contribution in [2.75, 3.05) is 0 Å². The highest BCUT2D eigenvalue weighted by Crippen LogP contribution is 2.25. The first-order chi connectivity index (χ1) is 9.15. The molecular weight excluding hydrogens is 246 g/mol. The number of furan rings is 1. The van der Waals surface area contributed by atoms with Crippen molar-refractivity contribution in [3.63, 3.8) is 0 Å². The van der Waals surface area contributed by atoms with Gasteiger partial charge >= 0.3 is 5.97 Å². The minimum atomic E-state index is -0.960. The van der Waals surface area contributed by atoms with Gasteiger partial charge < -0.3 is 14.4 Å². The number of aromatic carboxylic acids is 1. The fourth-order valence-corrected chi connectivity index (χ4v) is 2.23. The monoisotopic (exact) mass is 257 g/mol. The second-order valence-corrected chi connectivity index (χ2v) is 4.43. The molecule has 0 atom stereocenters. The maximum absolute atomic E-state index is 12.1. The van der Waals surface area contributed by atoms with Gasteiger partial charge in [0, 0.05) is 13.1 Å². The van der Waals surface area contributed by atoms with Crippen molar-refractivity contribution in [1.82, 2.24) is 4.90 Å². The van der Waals surface area contributed by atoms with Gasteiger partial charge in [0.15, 0.2) is 5.76 Å². The van der Waals surface area contributed by atoms with Crippen LogP contribution in [0.1, 0.15) is 32.0 Å². The van der Waals surface area contributed by atoms with Crippen LogP contribution in [0.15, 0.2) is 41.0 Å². The number of hydrogen-bond acceptors (Lipinski definition) is 3. The molecule has 1 aromatic heterocycles. The Morgan fingerprint density at radius 1 is 1.16 bits per heavy atom. The second kappa shape index (κ2) is 4.28. The molecule has 1 aromatic carbocycles. The number of hydrogen-bond donors (Lipinski definition) is 1. The second-order valence-electron chi connectivity index (χ2n) is 4.43. The lowest BCUT2D eigenvalue weighted by Gasteiger charge is -2.12. The number of rotatable bonds is 2. The summed E-state index contributed by atoms with van der Waals surface area (Å²) in [6.45, 7) is 0.894. The van der Waals surface area contributed by atoms with Gasteiger partial charge in [-0.1, -0.05) is 6.07 Å². The molecule has 1 amide bonds. The van der Waals surface area contributed by atoms with E-state index in [0.29, 0.717) is 18.8 Å². The first-order valence-corrected chi connectivity index (χ1v) is 5.83. The third kappa shape index (κ3) is 1.99. The molecule has 3 rings (SSSR count).